The smallest absolute Gasteiger partial charge is 0.342 e. The van der Waals surface area contributed by atoms with Crippen molar-refractivity contribution in [1.82, 2.24) is 29.9 Å². The molecular formula is C24H22F4N6O. The lowest BCUT2D eigenvalue weighted by atomic mass is 10.1. The third kappa shape index (κ3) is 5.39. The summed E-state index contributed by atoms with van der Waals surface area (Å²) in [6.45, 7) is 2.13. The number of carbonyl (C=O) groups is 1. The normalized spacial score (nSPS) is 11.6. The molecule has 0 fully saturated rings. The highest BCUT2D eigenvalue weighted by atomic mass is 19.4. The van der Waals surface area contributed by atoms with E-state index >= 15 is 0 Å². The maximum atomic E-state index is 13.1. The van der Waals surface area contributed by atoms with Gasteiger partial charge in [0.25, 0.3) is 5.91 Å². The van der Waals surface area contributed by atoms with Gasteiger partial charge in [0.1, 0.15) is 5.82 Å². The number of H-pyrrole nitrogens is 1. The zero-order valence-electron chi connectivity index (χ0n) is 19.0. The Morgan fingerprint density at radius 3 is 2.51 bits per heavy atom. The van der Waals surface area contributed by atoms with Crippen LogP contribution in [0.25, 0.3) is 17.1 Å². The Morgan fingerprint density at radius 2 is 1.86 bits per heavy atom. The number of amides is 1. The maximum Gasteiger partial charge on any atom is 0.417 e. The predicted octanol–water partition coefficient (Wildman–Crippen LogP) is 4.83. The first-order chi connectivity index (χ1) is 16.6. The molecule has 4 rings (SSSR count). The number of aryl methyl sites for hydroxylation is 1. The van der Waals surface area contributed by atoms with E-state index in [2.05, 4.69) is 20.3 Å². The fourth-order valence-corrected chi connectivity index (χ4v) is 3.60. The minimum atomic E-state index is -4.48. The number of rotatable bonds is 7. The fraction of sp³-hybridized carbons (Fsp3) is 0.250. The molecule has 0 aliphatic carbocycles. The number of nitrogens with zero attached hydrogens (tertiary/aromatic N) is 5. The summed E-state index contributed by atoms with van der Waals surface area (Å²) in [6.07, 6.45) is -1.04. The monoisotopic (exact) mass is 486 g/mol. The second kappa shape index (κ2) is 9.69. The Balaban J connectivity index is 1.35. The summed E-state index contributed by atoms with van der Waals surface area (Å²) < 4.78 is 52.8. The van der Waals surface area contributed by atoms with E-state index in [4.69, 9.17) is 0 Å². The first-order valence-electron chi connectivity index (χ1n) is 10.8. The number of alkyl halides is 3. The molecule has 0 bridgehead atoms. The summed E-state index contributed by atoms with van der Waals surface area (Å²) in [6, 6.07) is 10.1. The SMILES string of the molecule is Cc1c(C(=O)N(C)CCCc2cc(-c3ccc(F)cc3)n[nH]2)cnn1-c1ccc(C(F)(F)F)cn1. The molecule has 11 heteroatoms. The number of aromatic amines is 1. The zero-order valence-corrected chi connectivity index (χ0v) is 19.0. The van der Waals surface area contributed by atoms with Gasteiger partial charge in [0, 0.05) is 31.0 Å². The van der Waals surface area contributed by atoms with Crippen molar-refractivity contribution in [3.05, 3.63) is 83.2 Å². The van der Waals surface area contributed by atoms with Crippen LogP contribution in [0.3, 0.4) is 0 Å². The van der Waals surface area contributed by atoms with Crippen molar-refractivity contribution in [2.75, 3.05) is 13.6 Å². The predicted molar refractivity (Wildman–Crippen MR) is 120 cm³/mol. The second-order valence-corrected chi connectivity index (χ2v) is 8.07. The number of hydrogen-bond donors (Lipinski definition) is 1. The van der Waals surface area contributed by atoms with Crippen molar-refractivity contribution in [3.63, 3.8) is 0 Å². The minimum absolute atomic E-state index is 0.188. The van der Waals surface area contributed by atoms with Crippen LogP contribution in [0.1, 0.15) is 33.7 Å². The first-order valence-corrected chi connectivity index (χ1v) is 10.8. The highest BCUT2D eigenvalue weighted by Crippen LogP contribution is 2.29. The number of halogens is 4. The highest BCUT2D eigenvalue weighted by Gasteiger charge is 2.31. The maximum absolute atomic E-state index is 13.1. The van der Waals surface area contributed by atoms with Gasteiger partial charge in [0.15, 0.2) is 5.82 Å². The van der Waals surface area contributed by atoms with Crippen molar-refractivity contribution in [2.24, 2.45) is 0 Å². The summed E-state index contributed by atoms with van der Waals surface area (Å²) in [4.78, 5) is 18.3. The van der Waals surface area contributed by atoms with Crippen molar-refractivity contribution in [1.29, 1.82) is 0 Å². The third-order valence-electron chi connectivity index (χ3n) is 5.59. The molecule has 4 aromatic rings. The van der Waals surface area contributed by atoms with Crippen LogP contribution in [0.15, 0.2) is 54.9 Å². The lowest BCUT2D eigenvalue weighted by Crippen LogP contribution is -2.28. The van der Waals surface area contributed by atoms with Crippen LogP contribution >= 0.6 is 0 Å². The fourth-order valence-electron chi connectivity index (χ4n) is 3.60. The van der Waals surface area contributed by atoms with Crippen molar-refractivity contribution >= 4 is 5.91 Å². The van der Waals surface area contributed by atoms with Crippen LogP contribution in [0, 0.1) is 12.7 Å². The van der Waals surface area contributed by atoms with E-state index in [9.17, 15) is 22.4 Å². The van der Waals surface area contributed by atoms with Crippen LogP contribution in [-0.4, -0.2) is 49.4 Å². The van der Waals surface area contributed by atoms with E-state index in [0.29, 0.717) is 36.3 Å². The Hall–Kier alpha value is -4.02. The topological polar surface area (TPSA) is 79.7 Å². The Morgan fingerprint density at radius 1 is 1.11 bits per heavy atom. The van der Waals surface area contributed by atoms with Crippen molar-refractivity contribution in [2.45, 2.75) is 25.9 Å². The van der Waals surface area contributed by atoms with E-state index in [-0.39, 0.29) is 17.5 Å². The largest absolute Gasteiger partial charge is 0.417 e. The summed E-state index contributed by atoms with van der Waals surface area (Å²) >= 11 is 0. The van der Waals surface area contributed by atoms with Crippen molar-refractivity contribution < 1.29 is 22.4 Å². The van der Waals surface area contributed by atoms with Gasteiger partial charge in [-0.2, -0.15) is 23.4 Å². The molecule has 0 saturated heterocycles. The quantitative estimate of drug-likeness (QED) is 0.380. The molecule has 3 heterocycles. The third-order valence-corrected chi connectivity index (χ3v) is 5.59. The van der Waals surface area contributed by atoms with Crippen LogP contribution in [-0.2, 0) is 12.6 Å². The number of benzene rings is 1. The van der Waals surface area contributed by atoms with Gasteiger partial charge in [-0.05, 0) is 62.2 Å². The molecule has 0 atom stereocenters. The van der Waals surface area contributed by atoms with Gasteiger partial charge in [-0.1, -0.05) is 0 Å². The summed E-state index contributed by atoms with van der Waals surface area (Å²) in [5.41, 5.74) is 2.37. The van der Waals surface area contributed by atoms with Gasteiger partial charge < -0.3 is 4.90 Å². The second-order valence-electron chi connectivity index (χ2n) is 8.07. The molecule has 35 heavy (non-hydrogen) atoms. The number of carbonyl (C=O) groups excluding carboxylic acids is 1. The van der Waals surface area contributed by atoms with Gasteiger partial charge in [-0.15, -0.1) is 0 Å². The molecule has 0 radical (unpaired) electrons. The lowest BCUT2D eigenvalue weighted by molar-refractivity contribution is -0.137. The zero-order chi connectivity index (χ0) is 25.2. The molecule has 0 unspecified atom stereocenters. The van der Waals surface area contributed by atoms with Gasteiger partial charge in [0.2, 0.25) is 0 Å². The van der Waals surface area contributed by atoms with Crippen LogP contribution < -0.4 is 0 Å². The van der Waals surface area contributed by atoms with E-state index in [0.717, 1.165) is 23.5 Å². The summed E-state index contributed by atoms with van der Waals surface area (Å²) in [7, 11) is 1.67. The average Bonchev–Trinajstić information content (AvgIpc) is 3.45. The molecule has 182 valence electrons. The Bertz CT molecular complexity index is 1310. The van der Waals surface area contributed by atoms with E-state index in [1.807, 2.05) is 6.07 Å². The molecule has 0 saturated carbocycles. The summed E-state index contributed by atoms with van der Waals surface area (Å²) in [5, 5.41) is 11.3. The molecule has 1 aromatic carbocycles. The van der Waals surface area contributed by atoms with Crippen LogP contribution in [0.5, 0.6) is 0 Å². The van der Waals surface area contributed by atoms with Gasteiger partial charge >= 0.3 is 6.18 Å². The van der Waals surface area contributed by atoms with Crippen LogP contribution in [0.2, 0.25) is 0 Å². The first kappa shape index (κ1) is 24.1. The number of pyridine rings is 1. The standard InChI is InChI=1S/C24H22F4N6O/c1-15-20(14-30-34(15)22-10-7-17(13-29-22)24(26,27)28)23(35)33(2)11-3-4-19-12-21(32-31-19)16-5-8-18(25)9-6-16/h5-10,12-14H,3-4,11H2,1-2H3,(H,31,32). The summed E-state index contributed by atoms with van der Waals surface area (Å²) in [5.74, 6) is -0.376. The number of nitrogens with one attached hydrogen (secondary N) is 1. The van der Waals surface area contributed by atoms with Gasteiger partial charge in [-0.3, -0.25) is 9.89 Å². The molecule has 1 N–H and O–H groups in total. The average molecular weight is 486 g/mol. The van der Waals surface area contributed by atoms with Crippen LogP contribution in [0.4, 0.5) is 17.6 Å². The van der Waals surface area contributed by atoms with E-state index in [1.165, 1.54) is 29.1 Å². The molecule has 1 amide bonds. The van der Waals surface area contributed by atoms with E-state index < -0.39 is 11.7 Å². The highest BCUT2D eigenvalue weighted by molar-refractivity contribution is 5.95. The molecule has 7 nitrogen and oxygen atoms in total. The van der Waals surface area contributed by atoms with E-state index in [1.54, 1.807) is 31.0 Å². The minimum Gasteiger partial charge on any atom is -0.342 e. The molecule has 0 aliphatic heterocycles. The number of aromatic nitrogens is 5. The van der Waals surface area contributed by atoms with Crippen molar-refractivity contribution in [3.8, 4) is 17.1 Å². The molecule has 3 aromatic heterocycles. The molecule has 0 spiro atoms. The molecular weight excluding hydrogens is 464 g/mol. The Kier molecular flexibility index (Phi) is 6.68. The van der Waals surface area contributed by atoms with Gasteiger partial charge in [-0.25, -0.2) is 14.1 Å². The molecule has 0 aliphatic rings. The Labute approximate surface area is 198 Å². The number of hydrogen-bond acceptors (Lipinski definition) is 4. The van der Waals surface area contributed by atoms with Gasteiger partial charge in [0.05, 0.1) is 28.7 Å². The lowest BCUT2D eigenvalue weighted by Gasteiger charge is -2.16.